The van der Waals surface area contributed by atoms with Gasteiger partial charge in [-0.3, -0.25) is 4.79 Å². The van der Waals surface area contributed by atoms with Crippen LogP contribution in [0.15, 0.2) is 89.6 Å². The van der Waals surface area contributed by atoms with Crippen molar-refractivity contribution in [2.24, 2.45) is 10.7 Å². The number of amides is 1. The summed E-state index contributed by atoms with van der Waals surface area (Å²) < 4.78 is 39.5. The van der Waals surface area contributed by atoms with Crippen LogP contribution in [0.2, 0.25) is 5.02 Å². The Balaban J connectivity index is 1.60. The number of hydrogen-bond acceptors (Lipinski definition) is 3. The minimum absolute atomic E-state index is 0.0134. The zero-order valence-corrected chi connectivity index (χ0v) is 21.1. The van der Waals surface area contributed by atoms with Gasteiger partial charge in [-0.1, -0.05) is 60.1 Å². The van der Waals surface area contributed by atoms with Crippen molar-refractivity contribution < 1.29 is 18.0 Å². The van der Waals surface area contributed by atoms with Crippen molar-refractivity contribution in [2.75, 3.05) is 6.54 Å². The standard InChI is InChI=1S/C29H27ClF3N3O/c1-19-7-2-3-8-22(19)17-23-9-6-16-36(23)28(37)21-14-12-20(13-15-21)26(18-27(34)29(31,32)33)35-25-11-5-4-10-24(25)30/h2-5,7-8,10-15,18,23H,6,9,16-17,34H2,1H3. The summed E-state index contributed by atoms with van der Waals surface area (Å²) in [5.41, 5.74) is 7.56. The fourth-order valence-electron chi connectivity index (χ4n) is 4.44. The summed E-state index contributed by atoms with van der Waals surface area (Å²) in [6, 6.07) is 21.2. The Bertz CT molecular complexity index is 1330. The first-order valence-electron chi connectivity index (χ1n) is 12.0. The van der Waals surface area contributed by atoms with Crippen LogP contribution in [0, 0.1) is 6.92 Å². The van der Waals surface area contributed by atoms with Crippen molar-refractivity contribution in [1.29, 1.82) is 0 Å². The molecule has 1 fully saturated rings. The Morgan fingerprint density at radius 2 is 1.70 bits per heavy atom. The van der Waals surface area contributed by atoms with Gasteiger partial charge in [-0.2, -0.15) is 13.2 Å². The number of benzene rings is 3. The first kappa shape index (κ1) is 26.5. The number of hydrogen-bond donors (Lipinski definition) is 1. The van der Waals surface area contributed by atoms with E-state index >= 15 is 0 Å². The maximum atomic E-state index is 13.4. The fourth-order valence-corrected chi connectivity index (χ4v) is 4.62. The molecule has 4 rings (SSSR count). The van der Waals surface area contributed by atoms with E-state index in [1.807, 2.05) is 17.0 Å². The van der Waals surface area contributed by atoms with Crippen LogP contribution in [0.25, 0.3) is 0 Å². The molecule has 0 aromatic heterocycles. The number of halogens is 4. The predicted molar refractivity (Wildman–Crippen MR) is 141 cm³/mol. The van der Waals surface area contributed by atoms with E-state index in [0.717, 1.165) is 25.3 Å². The highest BCUT2D eigenvalue weighted by atomic mass is 35.5. The third-order valence-corrected chi connectivity index (χ3v) is 6.81. The summed E-state index contributed by atoms with van der Waals surface area (Å²) in [4.78, 5) is 19.6. The number of aliphatic imine (C=N–C) groups is 1. The molecule has 1 saturated heterocycles. The van der Waals surface area contributed by atoms with E-state index in [0.29, 0.717) is 28.4 Å². The van der Waals surface area contributed by atoms with Crippen molar-refractivity contribution >= 4 is 28.9 Å². The fraction of sp³-hybridized carbons (Fsp3) is 0.241. The molecule has 3 aromatic rings. The van der Waals surface area contributed by atoms with Gasteiger partial charge >= 0.3 is 6.18 Å². The molecule has 8 heteroatoms. The smallest absolute Gasteiger partial charge is 0.395 e. The van der Waals surface area contributed by atoms with Crippen LogP contribution in [0.3, 0.4) is 0 Å². The second-order valence-corrected chi connectivity index (χ2v) is 9.46. The van der Waals surface area contributed by atoms with Crippen molar-refractivity contribution in [2.45, 2.75) is 38.4 Å². The molecule has 0 aliphatic carbocycles. The summed E-state index contributed by atoms with van der Waals surface area (Å²) in [7, 11) is 0. The van der Waals surface area contributed by atoms with Gasteiger partial charge in [-0.25, -0.2) is 4.99 Å². The zero-order valence-electron chi connectivity index (χ0n) is 20.3. The van der Waals surface area contributed by atoms with Gasteiger partial charge in [0, 0.05) is 23.7 Å². The second kappa shape index (κ2) is 11.2. The minimum Gasteiger partial charge on any atom is -0.395 e. The number of alkyl halides is 3. The van der Waals surface area contributed by atoms with E-state index in [4.69, 9.17) is 17.3 Å². The number of carbonyl (C=O) groups excluding carboxylic acids is 1. The molecule has 1 aliphatic rings. The van der Waals surface area contributed by atoms with Gasteiger partial charge in [0.2, 0.25) is 0 Å². The van der Waals surface area contributed by atoms with Crippen LogP contribution >= 0.6 is 11.6 Å². The zero-order chi connectivity index (χ0) is 26.6. The summed E-state index contributed by atoms with van der Waals surface area (Å²) in [6.07, 6.45) is -1.30. The number of likely N-dealkylation sites (tertiary alicyclic amines) is 1. The van der Waals surface area contributed by atoms with Crippen molar-refractivity contribution in [1.82, 2.24) is 4.90 Å². The predicted octanol–water partition coefficient (Wildman–Crippen LogP) is 7.02. The molecular weight excluding hydrogens is 499 g/mol. The van der Waals surface area contributed by atoms with Gasteiger partial charge in [-0.05, 0) is 67.7 Å². The number of para-hydroxylation sites is 1. The van der Waals surface area contributed by atoms with Gasteiger partial charge in [0.1, 0.15) is 5.70 Å². The number of nitrogens with zero attached hydrogens (tertiary/aromatic N) is 2. The molecule has 4 nitrogen and oxygen atoms in total. The Hall–Kier alpha value is -3.58. The summed E-state index contributed by atoms with van der Waals surface area (Å²) in [5.74, 6) is -0.0995. The molecule has 1 unspecified atom stereocenters. The Kier molecular flexibility index (Phi) is 8.03. The van der Waals surface area contributed by atoms with Crippen LogP contribution in [-0.2, 0) is 6.42 Å². The van der Waals surface area contributed by atoms with Crippen molar-refractivity contribution in [3.8, 4) is 0 Å². The monoisotopic (exact) mass is 525 g/mol. The molecule has 2 N–H and O–H groups in total. The molecule has 0 bridgehead atoms. The third-order valence-electron chi connectivity index (χ3n) is 6.50. The Morgan fingerprint density at radius 1 is 1.05 bits per heavy atom. The summed E-state index contributed by atoms with van der Waals surface area (Å²) in [6.45, 7) is 2.73. The minimum atomic E-state index is -4.71. The summed E-state index contributed by atoms with van der Waals surface area (Å²) in [5, 5.41) is 0.291. The largest absolute Gasteiger partial charge is 0.430 e. The normalized spacial score (nSPS) is 16.8. The number of carbonyl (C=O) groups is 1. The lowest BCUT2D eigenvalue weighted by Crippen LogP contribution is -2.37. The van der Waals surface area contributed by atoms with Gasteiger partial charge in [0.05, 0.1) is 16.4 Å². The Labute approximate surface area is 219 Å². The highest BCUT2D eigenvalue weighted by Gasteiger charge is 2.32. The average Bonchev–Trinajstić information content (AvgIpc) is 3.33. The highest BCUT2D eigenvalue weighted by Crippen LogP contribution is 2.28. The van der Waals surface area contributed by atoms with Crippen LogP contribution in [0.1, 0.15) is 39.9 Å². The van der Waals surface area contributed by atoms with Crippen molar-refractivity contribution in [3.63, 3.8) is 0 Å². The first-order chi connectivity index (χ1) is 17.6. The van der Waals surface area contributed by atoms with E-state index in [1.165, 1.54) is 11.1 Å². The average molecular weight is 526 g/mol. The van der Waals surface area contributed by atoms with Gasteiger partial charge < -0.3 is 10.6 Å². The van der Waals surface area contributed by atoms with E-state index in [9.17, 15) is 18.0 Å². The molecule has 192 valence electrons. The SMILES string of the molecule is Cc1ccccc1CC1CCCN1C(=O)c1ccc(C(C=C(N)C(F)(F)F)=Nc2ccccc2Cl)cc1. The van der Waals surface area contributed by atoms with E-state index in [2.05, 4.69) is 24.0 Å². The van der Waals surface area contributed by atoms with Gasteiger partial charge in [0.25, 0.3) is 5.91 Å². The van der Waals surface area contributed by atoms with E-state index in [-0.39, 0.29) is 17.7 Å². The van der Waals surface area contributed by atoms with Crippen LogP contribution in [0.4, 0.5) is 18.9 Å². The lowest BCUT2D eigenvalue weighted by atomic mass is 9.99. The number of nitrogens with two attached hydrogens (primary N) is 1. The van der Waals surface area contributed by atoms with Crippen LogP contribution in [-0.4, -0.2) is 35.3 Å². The summed E-state index contributed by atoms with van der Waals surface area (Å²) >= 11 is 6.17. The van der Waals surface area contributed by atoms with Crippen LogP contribution < -0.4 is 5.73 Å². The topological polar surface area (TPSA) is 58.7 Å². The lowest BCUT2D eigenvalue weighted by molar-refractivity contribution is -0.0925. The molecule has 1 amide bonds. The lowest BCUT2D eigenvalue weighted by Gasteiger charge is -2.25. The molecule has 0 radical (unpaired) electrons. The number of aryl methyl sites for hydroxylation is 1. The Morgan fingerprint density at radius 3 is 2.38 bits per heavy atom. The molecule has 37 heavy (non-hydrogen) atoms. The molecule has 1 heterocycles. The first-order valence-corrected chi connectivity index (χ1v) is 12.3. The highest BCUT2D eigenvalue weighted by molar-refractivity contribution is 6.33. The molecular formula is C29H27ClF3N3O. The van der Waals surface area contributed by atoms with Crippen LogP contribution in [0.5, 0.6) is 0 Å². The van der Waals surface area contributed by atoms with Crippen molar-refractivity contribution in [3.05, 3.63) is 112 Å². The molecule has 1 aliphatic heterocycles. The second-order valence-electron chi connectivity index (χ2n) is 9.05. The van der Waals surface area contributed by atoms with E-state index in [1.54, 1.807) is 48.5 Å². The molecule has 0 spiro atoms. The molecule has 0 saturated carbocycles. The van der Waals surface area contributed by atoms with Gasteiger partial charge in [0.15, 0.2) is 0 Å². The molecule has 3 aromatic carbocycles. The maximum absolute atomic E-state index is 13.4. The number of rotatable bonds is 6. The third kappa shape index (κ3) is 6.41. The molecule has 1 atom stereocenters. The number of allylic oxidation sites excluding steroid dienone is 2. The maximum Gasteiger partial charge on any atom is 0.430 e. The van der Waals surface area contributed by atoms with Gasteiger partial charge in [-0.15, -0.1) is 0 Å². The van der Waals surface area contributed by atoms with E-state index < -0.39 is 11.9 Å². The quantitative estimate of drug-likeness (QED) is 0.351.